The van der Waals surface area contributed by atoms with Crippen molar-refractivity contribution < 1.29 is 8.42 Å². The number of likely N-dealkylation sites (tertiary alicyclic amines) is 1. The van der Waals surface area contributed by atoms with E-state index in [2.05, 4.69) is 45.0 Å². The van der Waals surface area contributed by atoms with Gasteiger partial charge in [-0.05, 0) is 76.4 Å². The number of H-pyrrole nitrogens is 1. The summed E-state index contributed by atoms with van der Waals surface area (Å²) in [6, 6.07) is 11.2. The molecule has 35 heavy (non-hydrogen) atoms. The van der Waals surface area contributed by atoms with Crippen LogP contribution in [-0.4, -0.2) is 73.8 Å². The van der Waals surface area contributed by atoms with Gasteiger partial charge in [-0.1, -0.05) is 0 Å². The van der Waals surface area contributed by atoms with Gasteiger partial charge in [0, 0.05) is 72.4 Å². The Morgan fingerprint density at radius 3 is 2.57 bits per heavy atom. The molecule has 2 aromatic heterocycles. The van der Waals surface area contributed by atoms with Crippen LogP contribution in [-0.2, 0) is 9.84 Å². The van der Waals surface area contributed by atoms with E-state index in [1.807, 2.05) is 24.5 Å². The number of aromatic amines is 1. The Labute approximate surface area is 208 Å². The number of fused-ring (bicyclic) bond motifs is 1. The third-order valence-electron chi connectivity index (χ3n) is 7.57. The monoisotopic (exact) mass is 495 g/mol. The number of piperidine rings is 2. The standard InChI is InChI=1S/C27H37N5O2S/c1-19(2)32-10-4-5-23(18-32)29-22-8-11-31(12-9-22)24-13-21(16-28-17-24)27-15-20-14-25(35(3,33)34)6-7-26(20)30-27/h6-7,13-17,19,22-23,29-30H,4-5,8-12,18H2,1-3H3. The van der Waals surface area contributed by atoms with Crippen molar-refractivity contribution in [2.45, 2.75) is 62.6 Å². The second-order valence-corrected chi connectivity index (χ2v) is 12.5. The highest BCUT2D eigenvalue weighted by atomic mass is 32.2. The minimum absolute atomic E-state index is 0.337. The second kappa shape index (κ2) is 9.91. The Kier molecular flexibility index (Phi) is 6.88. The smallest absolute Gasteiger partial charge is 0.175 e. The molecule has 3 aromatic rings. The molecule has 0 amide bonds. The SMILES string of the molecule is CC(C)N1CCCC(NC2CCN(c3cncc(-c4cc5cc(S(C)(=O)=O)ccc5[nH]4)c3)CC2)C1. The molecule has 5 rings (SSSR count). The Morgan fingerprint density at radius 1 is 1.03 bits per heavy atom. The summed E-state index contributed by atoms with van der Waals surface area (Å²) in [6.07, 6.45) is 9.91. The molecule has 1 aromatic carbocycles. The topological polar surface area (TPSA) is 81.3 Å². The van der Waals surface area contributed by atoms with Crippen LogP contribution in [0.15, 0.2) is 47.6 Å². The number of nitrogens with zero attached hydrogens (tertiary/aromatic N) is 3. The van der Waals surface area contributed by atoms with Gasteiger partial charge in [0.1, 0.15) is 0 Å². The summed E-state index contributed by atoms with van der Waals surface area (Å²) in [5, 5.41) is 4.84. The highest BCUT2D eigenvalue weighted by Gasteiger charge is 2.26. The van der Waals surface area contributed by atoms with Crippen LogP contribution in [0.25, 0.3) is 22.2 Å². The maximum atomic E-state index is 11.9. The van der Waals surface area contributed by atoms with E-state index < -0.39 is 9.84 Å². The molecule has 8 heteroatoms. The third kappa shape index (κ3) is 5.55. The van der Waals surface area contributed by atoms with Gasteiger partial charge in [-0.25, -0.2) is 8.42 Å². The highest BCUT2D eigenvalue weighted by molar-refractivity contribution is 7.90. The third-order valence-corrected chi connectivity index (χ3v) is 8.68. The lowest BCUT2D eigenvalue weighted by molar-refractivity contribution is 0.145. The van der Waals surface area contributed by atoms with Crippen molar-refractivity contribution in [1.29, 1.82) is 0 Å². The molecule has 4 heterocycles. The van der Waals surface area contributed by atoms with Gasteiger partial charge in [0.25, 0.3) is 0 Å². The van der Waals surface area contributed by atoms with Crippen molar-refractivity contribution in [2.24, 2.45) is 0 Å². The number of aromatic nitrogens is 2. The zero-order chi connectivity index (χ0) is 24.6. The maximum absolute atomic E-state index is 11.9. The van der Waals surface area contributed by atoms with Gasteiger partial charge in [0.15, 0.2) is 9.84 Å². The molecular weight excluding hydrogens is 458 g/mol. The number of rotatable bonds is 6. The maximum Gasteiger partial charge on any atom is 0.175 e. The molecule has 2 fully saturated rings. The first-order valence-corrected chi connectivity index (χ1v) is 14.7. The summed E-state index contributed by atoms with van der Waals surface area (Å²) in [4.78, 5) is 13.3. The molecular formula is C27H37N5O2S. The predicted octanol–water partition coefficient (Wildman–Crippen LogP) is 4.06. The van der Waals surface area contributed by atoms with E-state index in [1.165, 1.54) is 32.2 Å². The van der Waals surface area contributed by atoms with Crippen molar-refractivity contribution in [1.82, 2.24) is 20.2 Å². The van der Waals surface area contributed by atoms with Crippen LogP contribution in [0.1, 0.15) is 39.5 Å². The molecule has 2 aliphatic rings. The first-order chi connectivity index (χ1) is 16.8. The fourth-order valence-corrected chi connectivity index (χ4v) is 6.15. The van der Waals surface area contributed by atoms with E-state index >= 15 is 0 Å². The van der Waals surface area contributed by atoms with Crippen molar-refractivity contribution in [3.8, 4) is 11.3 Å². The number of hydrogen-bond acceptors (Lipinski definition) is 6. The molecule has 1 atom stereocenters. The van der Waals surface area contributed by atoms with Crippen LogP contribution in [0, 0.1) is 0 Å². The minimum atomic E-state index is -3.23. The van der Waals surface area contributed by atoms with Crippen LogP contribution < -0.4 is 10.2 Å². The average Bonchev–Trinajstić information content (AvgIpc) is 3.28. The van der Waals surface area contributed by atoms with Crippen molar-refractivity contribution >= 4 is 26.4 Å². The molecule has 1 unspecified atom stereocenters. The highest BCUT2D eigenvalue weighted by Crippen LogP contribution is 2.29. The van der Waals surface area contributed by atoms with E-state index in [9.17, 15) is 8.42 Å². The number of nitrogens with one attached hydrogen (secondary N) is 2. The van der Waals surface area contributed by atoms with E-state index in [-0.39, 0.29) is 0 Å². The fraction of sp³-hybridized carbons (Fsp3) is 0.519. The van der Waals surface area contributed by atoms with Crippen LogP contribution in [0.4, 0.5) is 5.69 Å². The zero-order valence-electron chi connectivity index (χ0n) is 21.0. The van der Waals surface area contributed by atoms with E-state index in [0.29, 0.717) is 23.0 Å². The summed E-state index contributed by atoms with van der Waals surface area (Å²) >= 11 is 0. The number of anilines is 1. The molecule has 7 nitrogen and oxygen atoms in total. The summed E-state index contributed by atoms with van der Waals surface area (Å²) in [5.74, 6) is 0. The number of sulfone groups is 1. The molecule has 188 valence electrons. The first kappa shape index (κ1) is 24.3. The van der Waals surface area contributed by atoms with Gasteiger partial charge in [0.05, 0.1) is 16.8 Å². The normalized spacial score (nSPS) is 20.7. The van der Waals surface area contributed by atoms with Gasteiger partial charge in [-0.3, -0.25) is 9.88 Å². The molecule has 0 radical (unpaired) electrons. The van der Waals surface area contributed by atoms with Crippen LogP contribution >= 0.6 is 0 Å². The van der Waals surface area contributed by atoms with Crippen molar-refractivity contribution in [3.63, 3.8) is 0 Å². The van der Waals surface area contributed by atoms with Gasteiger partial charge in [0.2, 0.25) is 0 Å². The van der Waals surface area contributed by atoms with Crippen LogP contribution in [0.3, 0.4) is 0 Å². The second-order valence-electron chi connectivity index (χ2n) is 10.5. The Morgan fingerprint density at radius 2 is 1.83 bits per heavy atom. The van der Waals surface area contributed by atoms with Gasteiger partial charge in [-0.15, -0.1) is 0 Å². The number of benzene rings is 1. The first-order valence-electron chi connectivity index (χ1n) is 12.8. The lowest BCUT2D eigenvalue weighted by atomic mass is 9.99. The van der Waals surface area contributed by atoms with Crippen molar-refractivity contribution in [3.05, 3.63) is 42.7 Å². The lowest BCUT2D eigenvalue weighted by Gasteiger charge is -2.40. The number of hydrogen-bond donors (Lipinski definition) is 2. The Balaban J connectivity index is 1.24. The summed E-state index contributed by atoms with van der Waals surface area (Å²) in [5.41, 5.74) is 4.02. The van der Waals surface area contributed by atoms with Crippen LogP contribution in [0.2, 0.25) is 0 Å². The molecule has 0 aliphatic carbocycles. The molecule has 0 saturated carbocycles. The van der Waals surface area contributed by atoms with Gasteiger partial charge in [-0.2, -0.15) is 0 Å². The van der Waals surface area contributed by atoms with Gasteiger partial charge >= 0.3 is 0 Å². The van der Waals surface area contributed by atoms with E-state index in [1.54, 1.807) is 12.1 Å². The molecule has 2 aliphatic heterocycles. The predicted molar refractivity (Wildman–Crippen MR) is 143 cm³/mol. The molecule has 2 saturated heterocycles. The summed E-state index contributed by atoms with van der Waals surface area (Å²) in [7, 11) is -3.23. The Bertz CT molecular complexity index is 1280. The summed E-state index contributed by atoms with van der Waals surface area (Å²) in [6.45, 7) is 9.03. The quantitative estimate of drug-likeness (QED) is 0.537. The van der Waals surface area contributed by atoms with Gasteiger partial charge < -0.3 is 15.2 Å². The molecule has 0 spiro atoms. The van der Waals surface area contributed by atoms with E-state index in [4.69, 9.17) is 0 Å². The largest absolute Gasteiger partial charge is 0.370 e. The molecule has 0 bridgehead atoms. The number of pyridine rings is 1. The fourth-order valence-electron chi connectivity index (χ4n) is 5.49. The Hall–Kier alpha value is -2.42. The van der Waals surface area contributed by atoms with E-state index in [0.717, 1.165) is 53.8 Å². The summed E-state index contributed by atoms with van der Waals surface area (Å²) < 4.78 is 23.8. The average molecular weight is 496 g/mol. The van der Waals surface area contributed by atoms with Crippen LogP contribution in [0.5, 0.6) is 0 Å². The lowest BCUT2D eigenvalue weighted by Crippen LogP contribution is -2.53. The molecule has 2 N–H and O–H groups in total. The zero-order valence-corrected chi connectivity index (χ0v) is 21.8. The minimum Gasteiger partial charge on any atom is -0.370 e. The van der Waals surface area contributed by atoms with Crippen molar-refractivity contribution in [2.75, 3.05) is 37.3 Å².